The normalized spacial score (nSPS) is 27.6. The zero-order valence-electron chi connectivity index (χ0n) is 13.9. The number of hydrogen-bond donors (Lipinski definition) is 0. The summed E-state index contributed by atoms with van der Waals surface area (Å²) in [5, 5.41) is 0.638. The molecule has 0 aromatic carbocycles. The fourth-order valence-electron chi connectivity index (χ4n) is 2.63. The fraction of sp³-hybridized carbons (Fsp3) is 0.471. The SMILES string of the molecule is COC1(OC)C=CC(C(=O)C2C=CC(OC)(OC)C=C2Cl)C(Cl)=C1. The monoisotopic (exact) mass is 374 g/mol. The summed E-state index contributed by atoms with van der Waals surface area (Å²) in [5.41, 5.74) is 0. The molecule has 0 aromatic heterocycles. The summed E-state index contributed by atoms with van der Waals surface area (Å²) in [6, 6.07) is 0. The first-order valence-electron chi connectivity index (χ1n) is 7.25. The number of halogens is 2. The second-order valence-electron chi connectivity index (χ2n) is 5.39. The van der Waals surface area contributed by atoms with E-state index in [-0.39, 0.29) is 5.78 Å². The highest BCUT2D eigenvalue weighted by molar-refractivity contribution is 6.34. The van der Waals surface area contributed by atoms with Gasteiger partial charge in [-0.2, -0.15) is 0 Å². The van der Waals surface area contributed by atoms with Crippen LogP contribution in [-0.2, 0) is 23.7 Å². The second-order valence-corrected chi connectivity index (χ2v) is 6.27. The van der Waals surface area contributed by atoms with Gasteiger partial charge in [-0.3, -0.25) is 4.79 Å². The molecule has 2 atom stereocenters. The molecule has 0 aromatic rings. The average Bonchev–Trinajstić information content (AvgIpc) is 2.60. The van der Waals surface area contributed by atoms with E-state index in [0.717, 1.165) is 0 Å². The summed E-state index contributed by atoms with van der Waals surface area (Å²) < 4.78 is 21.1. The van der Waals surface area contributed by atoms with Gasteiger partial charge in [0.25, 0.3) is 0 Å². The Hall–Kier alpha value is -0.950. The van der Waals surface area contributed by atoms with Gasteiger partial charge in [-0.05, 0) is 24.3 Å². The van der Waals surface area contributed by atoms with Crippen molar-refractivity contribution >= 4 is 29.0 Å². The number of methoxy groups -OCH3 is 4. The number of rotatable bonds is 6. The Labute approximate surface area is 151 Å². The van der Waals surface area contributed by atoms with Crippen LogP contribution >= 0.6 is 23.2 Å². The van der Waals surface area contributed by atoms with Gasteiger partial charge in [0.05, 0.1) is 11.8 Å². The molecule has 2 aliphatic rings. The number of carbonyl (C=O) groups excluding carboxylic acids is 1. The molecule has 0 saturated heterocycles. The zero-order chi connectivity index (χ0) is 18.0. The summed E-state index contributed by atoms with van der Waals surface area (Å²) in [5.74, 6) is -3.53. The maximum absolute atomic E-state index is 12.8. The van der Waals surface area contributed by atoms with Gasteiger partial charge in [-0.15, -0.1) is 0 Å². The maximum Gasteiger partial charge on any atom is 0.208 e. The molecule has 0 bridgehead atoms. The minimum absolute atomic E-state index is 0.161. The van der Waals surface area contributed by atoms with E-state index >= 15 is 0 Å². The second kappa shape index (κ2) is 7.52. The van der Waals surface area contributed by atoms with Crippen LogP contribution in [0.1, 0.15) is 0 Å². The van der Waals surface area contributed by atoms with Crippen LogP contribution < -0.4 is 0 Å². The fourth-order valence-corrected chi connectivity index (χ4v) is 3.30. The maximum atomic E-state index is 12.8. The first-order valence-corrected chi connectivity index (χ1v) is 8.01. The van der Waals surface area contributed by atoms with Gasteiger partial charge in [0.2, 0.25) is 11.6 Å². The summed E-state index contributed by atoms with van der Waals surface area (Å²) in [6.07, 6.45) is 9.75. The molecule has 132 valence electrons. The zero-order valence-corrected chi connectivity index (χ0v) is 15.4. The quantitative estimate of drug-likeness (QED) is 0.527. The Balaban J connectivity index is 2.23. The molecule has 0 heterocycles. The average molecular weight is 375 g/mol. The standard InChI is InChI=1S/C17H20Cl2O5/c1-21-16(22-2)7-5-11(13(18)9-16)15(20)12-6-8-17(23-3,24-4)10-14(12)19/h5-12H,1-4H3. The lowest BCUT2D eigenvalue weighted by molar-refractivity contribution is -0.136. The Morgan fingerprint density at radius 2 is 1.17 bits per heavy atom. The molecule has 0 spiro atoms. The van der Waals surface area contributed by atoms with Crippen LogP contribution in [0.3, 0.4) is 0 Å². The van der Waals surface area contributed by atoms with E-state index < -0.39 is 23.4 Å². The van der Waals surface area contributed by atoms with Crippen molar-refractivity contribution in [3.05, 3.63) is 46.5 Å². The number of ketones is 1. The lowest BCUT2D eigenvalue weighted by Gasteiger charge is -2.32. The van der Waals surface area contributed by atoms with Crippen molar-refractivity contribution in [1.82, 2.24) is 0 Å². The topological polar surface area (TPSA) is 54.0 Å². The minimum atomic E-state index is -1.06. The Morgan fingerprint density at radius 1 is 0.833 bits per heavy atom. The van der Waals surface area contributed by atoms with Crippen LogP contribution in [0.25, 0.3) is 0 Å². The summed E-state index contributed by atoms with van der Waals surface area (Å²) in [6.45, 7) is 0. The molecule has 0 saturated carbocycles. The van der Waals surface area contributed by atoms with Crippen LogP contribution in [0.4, 0.5) is 0 Å². The summed E-state index contributed by atoms with van der Waals surface area (Å²) in [4.78, 5) is 12.8. The van der Waals surface area contributed by atoms with Gasteiger partial charge < -0.3 is 18.9 Å². The van der Waals surface area contributed by atoms with E-state index in [1.807, 2.05) is 0 Å². The van der Waals surface area contributed by atoms with E-state index in [0.29, 0.717) is 10.1 Å². The predicted molar refractivity (Wildman–Crippen MR) is 91.6 cm³/mol. The Bertz CT molecular complexity index is 560. The van der Waals surface area contributed by atoms with Crippen molar-refractivity contribution in [1.29, 1.82) is 0 Å². The molecule has 0 aliphatic heterocycles. The molecule has 2 unspecified atom stereocenters. The van der Waals surface area contributed by atoms with Crippen LogP contribution in [0.15, 0.2) is 46.5 Å². The van der Waals surface area contributed by atoms with Gasteiger partial charge in [-0.25, -0.2) is 0 Å². The van der Waals surface area contributed by atoms with Crippen molar-refractivity contribution in [2.75, 3.05) is 28.4 Å². The third-order valence-electron chi connectivity index (χ3n) is 4.20. The highest BCUT2D eigenvalue weighted by atomic mass is 35.5. The van der Waals surface area contributed by atoms with E-state index in [9.17, 15) is 4.79 Å². The number of hydrogen-bond acceptors (Lipinski definition) is 5. The largest absolute Gasteiger partial charge is 0.346 e. The van der Waals surface area contributed by atoms with E-state index in [2.05, 4.69) is 0 Å². The minimum Gasteiger partial charge on any atom is -0.346 e. The van der Waals surface area contributed by atoms with Crippen LogP contribution in [0.2, 0.25) is 0 Å². The summed E-state index contributed by atoms with van der Waals surface area (Å²) in [7, 11) is 5.98. The van der Waals surface area contributed by atoms with Crippen molar-refractivity contribution < 1.29 is 23.7 Å². The predicted octanol–water partition coefficient (Wildman–Crippen LogP) is 3.15. The van der Waals surface area contributed by atoms with Crippen molar-refractivity contribution in [3.8, 4) is 0 Å². The van der Waals surface area contributed by atoms with Gasteiger partial charge >= 0.3 is 0 Å². The lowest BCUT2D eigenvalue weighted by atomic mass is 9.85. The highest BCUT2D eigenvalue weighted by Gasteiger charge is 2.38. The molecular weight excluding hydrogens is 355 g/mol. The van der Waals surface area contributed by atoms with E-state index in [4.69, 9.17) is 42.1 Å². The number of carbonyl (C=O) groups is 1. The van der Waals surface area contributed by atoms with Crippen molar-refractivity contribution in [2.45, 2.75) is 11.6 Å². The van der Waals surface area contributed by atoms with Crippen LogP contribution in [0, 0.1) is 11.8 Å². The smallest absolute Gasteiger partial charge is 0.208 e. The molecule has 2 rings (SSSR count). The Morgan fingerprint density at radius 3 is 1.42 bits per heavy atom. The first-order chi connectivity index (χ1) is 11.4. The molecule has 0 radical (unpaired) electrons. The lowest BCUT2D eigenvalue weighted by Crippen LogP contribution is -2.36. The van der Waals surface area contributed by atoms with Gasteiger partial charge in [0, 0.05) is 38.5 Å². The number of Topliss-reactive ketones (excluding diaryl/α,β-unsaturated/α-hetero) is 1. The van der Waals surface area contributed by atoms with E-state index in [1.165, 1.54) is 28.4 Å². The molecule has 0 amide bonds. The number of allylic oxidation sites excluding steroid dienone is 4. The Kier molecular flexibility index (Phi) is 6.07. The summed E-state index contributed by atoms with van der Waals surface area (Å²) >= 11 is 12.6. The molecule has 0 N–H and O–H groups in total. The highest BCUT2D eigenvalue weighted by Crippen LogP contribution is 2.37. The molecule has 2 aliphatic carbocycles. The number of ether oxygens (including phenoxy) is 4. The van der Waals surface area contributed by atoms with Gasteiger partial charge in [0.15, 0.2) is 5.78 Å². The van der Waals surface area contributed by atoms with Crippen molar-refractivity contribution in [3.63, 3.8) is 0 Å². The molecule has 0 fully saturated rings. The molecule has 7 heteroatoms. The van der Waals surface area contributed by atoms with E-state index in [1.54, 1.807) is 36.5 Å². The van der Waals surface area contributed by atoms with Gasteiger partial charge in [-0.1, -0.05) is 35.4 Å². The van der Waals surface area contributed by atoms with Crippen LogP contribution in [0.5, 0.6) is 0 Å². The molecule has 24 heavy (non-hydrogen) atoms. The van der Waals surface area contributed by atoms with Gasteiger partial charge in [0.1, 0.15) is 0 Å². The molecular formula is C17H20Cl2O5. The third-order valence-corrected chi connectivity index (χ3v) is 4.89. The van der Waals surface area contributed by atoms with Crippen molar-refractivity contribution in [2.24, 2.45) is 11.8 Å². The third kappa shape index (κ3) is 3.52. The molecule has 5 nitrogen and oxygen atoms in total. The van der Waals surface area contributed by atoms with Crippen LogP contribution in [-0.4, -0.2) is 45.8 Å². The first kappa shape index (κ1) is 19.4.